The van der Waals surface area contributed by atoms with Gasteiger partial charge in [0, 0.05) is 31.1 Å². The highest BCUT2D eigenvalue weighted by Crippen LogP contribution is 2.18. The van der Waals surface area contributed by atoms with Gasteiger partial charge in [-0.05, 0) is 32.9 Å². The second kappa shape index (κ2) is 15.6. The molecule has 0 rings (SSSR count). The summed E-state index contributed by atoms with van der Waals surface area (Å²) >= 11 is 0.970. The van der Waals surface area contributed by atoms with Crippen LogP contribution in [0.2, 0.25) is 12.6 Å². The van der Waals surface area contributed by atoms with Gasteiger partial charge in [-0.25, -0.2) is 14.4 Å². The van der Waals surface area contributed by atoms with Crippen LogP contribution in [0.3, 0.4) is 0 Å². The molecule has 182 valence electrons. The summed E-state index contributed by atoms with van der Waals surface area (Å²) in [5.41, 5.74) is 0.453. The molecule has 0 fully saturated rings. The van der Waals surface area contributed by atoms with E-state index in [9.17, 15) is 19.2 Å². The molecule has 0 unspecified atom stereocenters. The van der Waals surface area contributed by atoms with E-state index in [1.165, 1.54) is 13.8 Å². The Morgan fingerprint density at radius 1 is 0.969 bits per heavy atom. The number of hydrogen-bond acceptors (Lipinski definition) is 9. The molecular weight excluding hydrogens is 456 g/mol. The monoisotopic (exact) mass is 490 g/mol. The van der Waals surface area contributed by atoms with E-state index in [1.54, 1.807) is 14.2 Å². The minimum atomic E-state index is -2.23. The van der Waals surface area contributed by atoms with Gasteiger partial charge in [0.05, 0.1) is 13.1 Å². The molecule has 0 aromatic heterocycles. The SMILES string of the molecule is C=C(C)C(=O)OCCNC(=O)N(CCOC(=O)C(=C)C)C(=O)SCCC[Si](C)(OC)OC. The van der Waals surface area contributed by atoms with Crippen LogP contribution in [0.5, 0.6) is 0 Å². The standard InChI is InChI=1S/C20H34N2O8SSi/c1-15(2)17(23)29-11-9-21-19(25)22(10-12-30-18(24)16(3)4)20(26)31-13-8-14-32(7,27-5)28-6/h1,3,8-14H2,2,4-7H3,(H,21,25). The summed E-state index contributed by atoms with van der Waals surface area (Å²) in [6, 6.07) is 0.00445. The Kier molecular flexibility index (Phi) is 14.6. The van der Waals surface area contributed by atoms with Gasteiger partial charge in [0.15, 0.2) is 0 Å². The Balaban J connectivity index is 4.78. The number of imide groups is 1. The Bertz CT molecular complexity index is 697. The number of amides is 3. The van der Waals surface area contributed by atoms with Gasteiger partial charge in [-0.15, -0.1) is 0 Å². The number of carbonyl (C=O) groups is 4. The summed E-state index contributed by atoms with van der Waals surface area (Å²) in [5.74, 6) is -0.725. The van der Waals surface area contributed by atoms with E-state index in [0.29, 0.717) is 18.2 Å². The zero-order valence-corrected chi connectivity index (χ0v) is 21.3. The van der Waals surface area contributed by atoms with Crippen molar-refractivity contribution in [2.24, 2.45) is 0 Å². The van der Waals surface area contributed by atoms with Gasteiger partial charge in [0.25, 0.3) is 5.24 Å². The highest BCUT2D eigenvalue weighted by Gasteiger charge is 2.28. The summed E-state index contributed by atoms with van der Waals surface area (Å²) in [5, 5.41) is 2.01. The van der Waals surface area contributed by atoms with Crippen LogP contribution in [0.15, 0.2) is 24.3 Å². The van der Waals surface area contributed by atoms with Crippen LogP contribution in [-0.2, 0) is 27.9 Å². The van der Waals surface area contributed by atoms with Crippen LogP contribution >= 0.6 is 11.8 Å². The molecule has 0 saturated carbocycles. The summed E-state index contributed by atoms with van der Waals surface area (Å²) in [6.07, 6.45) is 0.664. The summed E-state index contributed by atoms with van der Waals surface area (Å²) < 4.78 is 20.7. The molecule has 1 N–H and O–H groups in total. The Morgan fingerprint density at radius 2 is 1.50 bits per heavy atom. The van der Waals surface area contributed by atoms with Crippen molar-refractivity contribution in [3.63, 3.8) is 0 Å². The quantitative estimate of drug-likeness (QED) is 0.170. The first-order chi connectivity index (χ1) is 15.0. The molecule has 10 nitrogen and oxygen atoms in total. The fraction of sp³-hybridized carbons (Fsp3) is 0.600. The first kappa shape index (κ1) is 29.8. The first-order valence-electron chi connectivity index (χ1n) is 9.95. The normalized spacial score (nSPS) is 10.8. The number of ether oxygens (including phenoxy) is 2. The van der Waals surface area contributed by atoms with E-state index in [-0.39, 0.29) is 37.4 Å². The fourth-order valence-corrected chi connectivity index (χ4v) is 4.51. The van der Waals surface area contributed by atoms with Gasteiger partial charge in [-0.1, -0.05) is 24.9 Å². The molecule has 0 saturated heterocycles. The number of rotatable bonds is 14. The molecule has 0 heterocycles. The van der Waals surface area contributed by atoms with Crippen molar-refractivity contribution in [3.05, 3.63) is 24.3 Å². The van der Waals surface area contributed by atoms with Crippen molar-refractivity contribution in [2.75, 3.05) is 46.3 Å². The van der Waals surface area contributed by atoms with Gasteiger partial charge in [0.2, 0.25) is 0 Å². The lowest BCUT2D eigenvalue weighted by Gasteiger charge is -2.23. The Hall–Kier alpha value is -2.15. The third kappa shape index (κ3) is 12.0. The predicted molar refractivity (Wildman–Crippen MR) is 125 cm³/mol. The smallest absolute Gasteiger partial charge is 0.334 e. The predicted octanol–water partition coefficient (Wildman–Crippen LogP) is 2.84. The van der Waals surface area contributed by atoms with Crippen LogP contribution in [0.1, 0.15) is 20.3 Å². The van der Waals surface area contributed by atoms with Crippen molar-refractivity contribution in [1.82, 2.24) is 10.2 Å². The van der Waals surface area contributed by atoms with E-state index < -0.39 is 31.8 Å². The van der Waals surface area contributed by atoms with Gasteiger partial charge >= 0.3 is 26.5 Å². The van der Waals surface area contributed by atoms with E-state index >= 15 is 0 Å². The van der Waals surface area contributed by atoms with E-state index in [1.807, 2.05) is 6.55 Å². The van der Waals surface area contributed by atoms with Crippen LogP contribution in [0, 0.1) is 0 Å². The van der Waals surface area contributed by atoms with Crippen LogP contribution in [0.25, 0.3) is 0 Å². The second-order valence-electron chi connectivity index (χ2n) is 6.98. The third-order valence-electron chi connectivity index (χ3n) is 4.19. The Morgan fingerprint density at radius 3 is 2.00 bits per heavy atom. The average Bonchev–Trinajstić information content (AvgIpc) is 2.76. The highest BCUT2D eigenvalue weighted by molar-refractivity contribution is 8.13. The lowest BCUT2D eigenvalue weighted by Crippen LogP contribution is -2.45. The molecular formula is C20H34N2O8SSi. The first-order valence-corrected chi connectivity index (χ1v) is 13.5. The molecule has 0 spiro atoms. The van der Waals surface area contributed by atoms with E-state index in [4.69, 9.17) is 18.3 Å². The van der Waals surface area contributed by atoms with Crippen molar-refractivity contribution in [2.45, 2.75) is 32.9 Å². The maximum Gasteiger partial charge on any atom is 0.334 e. The summed E-state index contributed by atoms with van der Waals surface area (Å²) in [7, 11) is 0.961. The molecule has 32 heavy (non-hydrogen) atoms. The molecule has 0 aliphatic carbocycles. The van der Waals surface area contributed by atoms with Gasteiger partial charge in [-0.2, -0.15) is 0 Å². The number of nitrogens with zero attached hydrogens (tertiary/aromatic N) is 1. The lowest BCUT2D eigenvalue weighted by atomic mass is 10.4. The minimum absolute atomic E-state index is 0.00346. The maximum absolute atomic E-state index is 12.6. The van der Waals surface area contributed by atoms with E-state index in [2.05, 4.69) is 18.5 Å². The van der Waals surface area contributed by atoms with Gasteiger partial charge in [0.1, 0.15) is 13.2 Å². The van der Waals surface area contributed by atoms with Crippen molar-refractivity contribution in [1.29, 1.82) is 0 Å². The molecule has 0 atom stereocenters. The number of thioether (sulfide) groups is 1. The number of hydrogen-bond donors (Lipinski definition) is 1. The molecule has 0 aromatic carbocycles. The van der Waals surface area contributed by atoms with Crippen LogP contribution in [-0.4, -0.2) is 82.9 Å². The van der Waals surface area contributed by atoms with Crippen molar-refractivity contribution >= 4 is 43.5 Å². The zero-order valence-electron chi connectivity index (χ0n) is 19.5. The molecule has 3 amide bonds. The van der Waals surface area contributed by atoms with Crippen LogP contribution in [0.4, 0.5) is 9.59 Å². The molecule has 0 radical (unpaired) electrons. The lowest BCUT2D eigenvalue weighted by molar-refractivity contribution is -0.139. The molecule has 12 heteroatoms. The Labute approximate surface area is 194 Å². The van der Waals surface area contributed by atoms with Gasteiger partial charge < -0.3 is 23.6 Å². The third-order valence-corrected chi connectivity index (χ3v) is 8.14. The minimum Gasteiger partial charge on any atom is -0.460 e. The second-order valence-corrected chi connectivity index (χ2v) is 11.6. The largest absolute Gasteiger partial charge is 0.460 e. The van der Waals surface area contributed by atoms with Crippen molar-refractivity contribution in [3.8, 4) is 0 Å². The zero-order chi connectivity index (χ0) is 24.7. The van der Waals surface area contributed by atoms with Crippen LogP contribution < -0.4 is 5.32 Å². The summed E-state index contributed by atoms with van der Waals surface area (Å²) in [4.78, 5) is 49.0. The van der Waals surface area contributed by atoms with E-state index in [0.717, 1.165) is 16.7 Å². The molecule has 0 aliphatic rings. The maximum atomic E-state index is 12.6. The molecule has 0 aliphatic heterocycles. The van der Waals surface area contributed by atoms with Gasteiger partial charge in [-0.3, -0.25) is 9.69 Å². The average molecular weight is 491 g/mol. The number of nitrogens with one attached hydrogen (secondary N) is 1. The number of carbonyl (C=O) groups excluding carboxylic acids is 4. The fourth-order valence-electron chi connectivity index (χ4n) is 2.07. The molecule has 0 bridgehead atoms. The summed E-state index contributed by atoms with van der Waals surface area (Å²) in [6.45, 7) is 11.5. The topological polar surface area (TPSA) is 120 Å². The highest BCUT2D eigenvalue weighted by atomic mass is 32.2. The number of urea groups is 1. The number of esters is 2. The van der Waals surface area contributed by atoms with Crippen molar-refractivity contribution < 1.29 is 37.5 Å². The molecule has 0 aromatic rings.